The van der Waals surface area contributed by atoms with Gasteiger partial charge in [0.1, 0.15) is 36.2 Å². The summed E-state index contributed by atoms with van der Waals surface area (Å²) in [6.07, 6.45) is 0.431. The van der Waals surface area contributed by atoms with Crippen molar-refractivity contribution >= 4 is 123 Å². The zero-order valence-electron chi connectivity index (χ0n) is 54.3. The van der Waals surface area contributed by atoms with E-state index in [1.54, 1.807) is 67.3 Å². The number of hydrogen-bond acceptors (Lipinski definition) is 14. The molecule has 516 valence electrons. The van der Waals surface area contributed by atoms with Crippen molar-refractivity contribution in [3.63, 3.8) is 0 Å². The molecule has 26 nitrogen and oxygen atoms in total. The first-order chi connectivity index (χ1) is 46.3. The van der Waals surface area contributed by atoms with Crippen LogP contribution >= 0.6 is 31.0 Å². The first-order valence-corrected chi connectivity index (χ1v) is 35.4. The number of anilines is 3. The zero-order chi connectivity index (χ0) is 69.3. The van der Waals surface area contributed by atoms with Crippen LogP contribution in [0.1, 0.15) is 81.4 Å². The van der Waals surface area contributed by atoms with E-state index >= 15 is 9.59 Å². The SMILES string of the molecule is CC(=O)NC(CCCCN)C(=O)NC(C(=O)N[C@@H](CCCNC(N)=O)C(=O)Nc1ccc(COC(=O)N(C)CCN(C)C(=O)Oc2cc3c(c4ccccc24)C(CCl)CN3C(=O)C23C4C5C2C2C3C4C52C(=O)N2CC(CCl)c3c2cc(OP(=O)(O)O)c2ccccc32)cc1)C(C)C. The van der Waals surface area contributed by atoms with Gasteiger partial charge in [0.25, 0.3) is 0 Å². The molecule has 0 radical (unpaired) electrons. The lowest BCUT2D eigenvalue weighted by molar-refractivity contribution is -0.623. The summed E-state index contributed by atoms with van der Waals surface area (Å²) in [6.45, 7) is 5.86. The van der Waals surface area contributed by atoms with E-state index < -0.39 is 84.5 Å². The molecule has 6 saturated carbocycles. The van der Waals surface area contributed by atoms with E-state index in [-0.39, 0.29) is 121 Å². The number of benzene rings is 5. The maximum atomic E-state index is 15.3. The third-order valence-electron chi connectivity index (χ3n) is 21.4. The summed E-state index contributed by atoms with van der Waals surface area (Å²) in [5.41, 5.74) is 13.4. The molecule has 6 aliphatic carbocycles. The van der Waals surface area contributed by atoms with Crippen molar-refractivity contribution in [2.24, 2.45) is 63.7 Å². The molecule has 0 bridgehead atoms. The fourth-order valence-electron chi connectivity index (χ4n) is 17.3. The van der Waals surface area contributed by atoms with Crippen LogP contribution in [0.4, 0.5) is 31.4 Å². The fourth-order valence-corrected chi connectivity index (χ4v) is 18.2. The monoisotopic (exact) mass is 1390 g/mol. The topological polar surface area (TPSA) is 364 Å². The molecule has 8 aliphatic rings. The van der Waals surface area contributed by atoms with E-state index in [1.807, 2.05) is 41.3 Å². The number of halogens is 2. The lowest BCUT2D eigenvalue weighted by Crippen LogP contribution is -3.12. The van der Waals surface area contributed by atoms with Crippen LogP contribution < -0.4 is 57.1 Å². The summed E-state index contributed by atoms with van der Waals surface area (Å²) in [6, 6.07) is 20.5. The molecule has 97 heavy (non-hydrogen) atoms. The Balaban J connectivity index is 0.648. The number of unbranched alkanes of at least 4 members (excludes halogenated alkanes) is 1. The number of primary amides is 1. The number of phosphoric ester groups is 1. The number of amides is 10. The smallest absolute Gasteiger partial charge is 0.445 e. The van der Waals surface area contributed by atoms with Crippen LogP contribution in [0.15, 0.2) is 84.9 Å². The van der Waals surface area contributed by atoms with Crippen LogP contribution in [0.3, 0.4) is 0 Å². The van der Waals surface area contributed by atoms with Gasteiger partial charge in [-0.1, -0.05) is 74.5 Å². The number of hydrogen-bond donors (Lipinski definition) is 9. The number of urea groups is 1. The second kappa shape index (κ2) is 26.9. The number of rotatable bonds is 28. The van der Waals surface area contributed by atoms with E-state index in [0.29, 0.717) is 77.7 Å². The van der Waals surface area contributed by atoms with Crippen molar-refractivity contribution in [3.8, 4) is 11.5 Å². The van der Waals surface area contributed by atoms with Crippen LogP contribution in [0, 0.1) is 52.3 Å². The lowest BCUT2D eigenvalue weighted by Gasteiger charge is -3.09. The first-order valence-electron chi connectivity index (χ1n) is 32.8. The predicted molar refractivity (Wildman–Crippen MR) is 361 cm³/mol. The fraction of sp³-hybridized carbons (Fsp3) is 0.485. The molecule has 0 saturated heterocycles. The van der Waals surface area contributed by atoms with Gasteiger partial charge in [0.2, 0.25) is 35.4 Å². The van der Waals surface area contributed by atoms with Gasteiger partial charge < -0.3 is 71.6 Å². The van der Waals surface area contributed by atoms with Crippen LogP contribution in [0.2, 0.25) is 0 Å². The van der Waals surface area contributed by atoms with Gasteiger partial charge in [-0.2, -0.15) is 0 Å². The van der Waals surface area contributed by atoms with E-state index in [2.05, 4.69) is 26.6 Å². The molecule has 4 unspecified atom stereocenters. The molecule has 6 fully saturated rings. The minimum Gasteiger partial charge on any atom is -0.445 e. The number of nitrogens with zero attached hydrogens (tertiary/aromatic N) is 4. The zero-order valence-corrected chi connectivity index (χ0v) is 56.7. The number of nitrogens with two attached hydrogens (primary N) is 2. The minimum atomic E-state index is -4.96. The molecule has 29 heteroatoms. The van der Waals surface area contributed by atoms with Crippen LogP contribution in [-0.2, 0) is 44.7 Å². The van der Waals surface area contributed by atoms with Gasteiger partial charge in [-0.05, 0) is 120 Å². The normalized spacial score (nSPS) is 24.6. The van der Waals surface area contributed by atoms with Gasteiger partial charge in [0.15, 0.2) is 0 Å². The lowest BCUT2D eigenvalue weighted by atomic mass is 8.92. The largest absolute Gasteiger partial charge is 0.524 e. The quantitative estimate of drug-likeness (QED) is 0.0145. The van der Waals surface area contributed by atoms with Gasteiger partial charge >= 0.3 is 26.0 Å². The third kappa shape index (κ3) is 11.7. The molecule has 2 aliphatic heterocycles. The highest BCUT2D eigenvalue weighted by Crippen LogP contribution is 3.10. The maximum Gasteiger partial charge on any atom is 0.524 e. The van der Waals surface area contributed by atoms with Gasteiger partial charge in [0.05, 0.1) is 22.2 Å². The van der Waals surface area contributed by atoms with Crippen LogP contribution in [0.25, 0.3) is 21.5 Å². The molecule has 11 N–H and O–H groups in total. The number of nitrogens with one attached hydrogen (secondary N) is 5. The maximum absolute atomic E-state index is 15.3. The summed E-state index contributed by atoms with van der Waals surface area (Å²) in [5, 5.41) is 16.0. The highest BCUT2D eigenvalue weighted by atomic mass is 35.5. The Hall–Kier alpha value is -8.26. The van der Waals surface area contributed by atoms with E-state index in [9.17, 15) is 47.9 Å². The van der Waals surface area contributed by atoms with E-state index in [4.69, 9.17) is 48.7 Å². The van der Waals surface area contributed by atoms with Gasteiger partial charge in [-0.3, -0.25) is 38.6 Å². The van der Waals surface area contributed by atoms with Crippen LogP contribution in [0.5, 0.6) is 11.5 Å². The molecule has 0 aromatic heterocycles. The molecule has 5 aromatic rings. The minimum absolute atomic E-state index is 0.00315. The molecule has 10 amide bonds. The summed E-state index contributed by atoms with van der Waals surface area (Å²) in [4.78, 5) is 148. The number of carbonyl (C=O) groups is 9. The summed E-state index contributed by atoms with van der Waals surface area (Å²) >= 11 is 13.3. The second-order valence-corrected chi connectivity index (χ2v) is 28.8. The Morgan fingerprint density at radius 3 is 1.65 bits per heavy atom. The average molecular weight is 1390 g/mol. The number of ether oxygens (including phenoxy) is 2. The molecular weight excluding hydrogens is 1310 g/mol. The van der Waals surface area contributed by atoms with Crippen molar-refractivity contribution in [3.05, 3.63) is 102 Å². The Labute approximate surface area is 569 Å². The molecule has 5 aromatic carbocycles. The average Bonchev–Trinajstić information content (AvgIpc) is 0.710. The van der Waals surface area contributed by atoms with Crippen LogP contribution in [-0.4, -0.2) is 156 Å². The molecule has 13 rings (SSSR count). The summed E-state index contributed by atoms with van der Waals surface area (Å²) in [5.74, 6) is -2.27. The Kier molecular flexibility index (Phi) is 19.0. The summed E-state index contributed by atoms with van der Waals surface area (Å²) < 4.78 is 29.1. The molecule has 0 spiro atoms. The van der Waals surface area contributed by atoms with Gasteiger partial charge in [-0.15, -0.1) is 23.2 Å². The highest BCUT2D eigenvalue weighted by Gasteiger charge is 3.13. The van der Waals surface area contributed by atoms with Crippen molar-refractivity contribution < 1.29 is 71.5 Å². The first kappa shape index (κ1) is 68.7. The number of fused-ring (bicyclic) bond motifs is 6. The van der Waals surface area contributed by atoms with E-state index in [0.717, 1.165) is 16.5 Å². The Morgan fingerprint density at radius 2 is 1.15 bits per heavy atom. The molecule has 2 heterocycles. The van der Waals surface area contributed by atoms with Crippen molar-refractivity contribution in [1.82, 2.24) is 31.1 Å². The number of alkyl halides is 2. The standard InChI is InChI=1S/C68H80Cl2N11O15P/c1-34(2)58(77-60(84)44(74-35(3)82)17-10-11-23-71)61(85)76-45(18-12-24-73-64(72)88)59(83)75-39-21-19-36(20-22-39)33-94-65(89)78(4)25-26-79(5)66(90)95-48-27-46-50(42-15-8-6-13-40(42)48)37(29-69)31-80(46)62(86)67-52-55-53(67)57-54(67)56(52)68(55,57)63(87)81-32-38(30-70)51-43-16-9-7-14-41(43)49(28-47(51)81)96-97(91,92)93/h6-9,13-16,19-22,27-28,34,37-38,44-45,52-58H,10-12,17-18,23-26,29-33,71H2,1-5H3,(H,74,82)(H,75,83)(H,76,85)(H,77,84)(H3,72,73,88)(H2,91,92,93)/t37?,38?,44?,45-,52?,53?,54?,55?,56?,57?,58?,67?,68?/m0/s1. The van der Waals surface area contributed by atoms with Gasteiger partial charge in [-0.25, -0.2) is 18.9 Å². The van der Waals surface area contributed by atoms with Crippen molar-refractivity contribution in [1.29, 1.82) is 0 Å². The Morgan fingerprint density at radius 1 is 0.660 bits per heavy atom. The van der Waals surface area contributed by atoms with Gasteiger partial charge in [0, 0.05) is 106 Å². The highest BCUT2D eigenvalue weighted by molar-refractivity contribution is 7.46. The third-order valence-corrected chi connectivity index (χ3v) is 22.6. The predicted octanol–water partition coefficient (Wildman–Crippen LogP) is 6.59. The number of carbonyl (C=O) groups excluding carboxylic acids is 9. The molecule has 5 atom stereocenters. The number of phosphoric acid groups is 1. The molecular formula is C68H80Cl2N11O15P. The van der Waals surface area contributed by atoms with Crippen molar-refractivity contribution in [2.45, 2.75) is 89.4 Å². The summed E-state index contributed by atoms with van der Waals surface area (Å²) in [7, 11) is -1.90. The number of likely N-dealkylation sites (N-methyl/N-ethyl adjacent to an activating group) is 2. The van der Waals surface area contributed by atoms with E-state index in [1.165, 1.54) is 30.8 Å². The second-order valence-electron chi connectivity index (χ2n) is 27.1. The Bertz CT molecular complexity index is 4030. The van der Waals surface area contributed by atoms with Crippen molar-refractivity contribution in [2.75, 3.05) is 80.2 Å².